The molecule has 18 heavy (non-hydrogen) atoms. The highest BCUT2D eigenvalue weighted by Crippen LogP contribution is 2.07. The SMILES string of the molecule is CN(CC(=O)NCc1ccco1)C1CCCNC1. The van der Waals surface area contributed by atoms with Crippen molar-refractivity contribution >= 4 is 5.91 Å². The summed E-state index contributed by atoms with van der Waals surface area (Å²) >= 11 is 0. The quantitative estimate of drug-likeness (QED) is 0.804. The maximum Gasteiger partial charge on any atom is 0.234 e. The predicted octanol–water partition coefficient (Wildman–Crippen LogP) is 0.580. The van der Waals surface area contributed by atoms with E-state index in [-0.39, 0.29) is 5.91 Å². The van der Waals surface area contributed by atoms with Crippen molar-refractivity contribution in [2.75, 3.05) is 26.7 Å². The summed E-state index contributed by atoms with van der Waals surface area (Å²) in [6, 6.07) is 4.14. The Morgan fingerprint density at radius 3 is 3.22 bits per heavy atom. The van der Waals surface area contributed by atoms with Crippen molar-refractivity contribution in [1.29, 1.82) is 0 Å². The zero-order valence-corrected chi connectivity index (χ0v) is 10.8. The standard InChI is InChI=1S/C13H21N3O2/c1-16(11-4-2-6-14-8-11)10-13(17)15-9-12-5-3-7-18-12/h3,5,7,11,14H,2,4,6,8-10H2,1H3,(H,15,17). The molecule has 0 saturated carbocycles. The number of piperidine rings is 1. The molecule has 5 heteroatoms. The Morgan fingerprint density at radius 2 is 2.56 bits per heavy atom. The first-order valence-electron chi connectivity index (χ1n) is 6.46. The molecule has 1 aliphatic rings. The van der Waals surface area contributed by atoms with E-state index in [0.29, 0.717) is 19.1 Å². The van der Waals surface area contributed by atoms with Crippen LogP contribution in [0.3, 0.4) is 0 Å². The highest BCUT2D eigenvalue weighted by Gasteiger charge is 2.19. The minimum atomic E-state index is 0.0412. The smallest absolute Gasteiger partial charge is 0.234 e. The van der Waals surface area contributed by atoms with Crippen LogP contribution in [-0.4, -0.2) is 43.5 Å². The van der Waals surface area contributed by atoms with Crippen molar-refractivity contribution in [3.63, 3.8) is 0 Å². The van der Waals surface area contributed by atoms with Gasteiger partial charge in [-0.3, -0.25) is 9.69 Å². The molecular formula is C13H21N3O2. The first-order valence-corrected chi connectivity index (χ1v) is 6.46. The summed E-state index contributed by atoms with van der Waals surface area (Å²) in [5.74, 6) is 0.824. The van der Waals surface area contributed by atoms with E-state index in [1.54, 1.807) is 6.26 Å². The Balaban J connectivity index is 1.69. The fourth-order valence-electron chi connectivity index (χ4n) is 2.22. The van der Waals surface area contributed by atoms with Crippen LogP contribution in [-0.2, 0) is 11.3 Å². The first-order chi connectivity index (χ1) is 8.75. The molecule has 1 aromatic rings. The third kappa shape index (κ3) is 3.85. The molecule has 100 valence electrons. The highest BCUT2D eigenvalue weighted by molar-refractivity contribution is 5.77. The molecule has 2 rings (SSSR count). The Bertz CT molecular complexity index is 358. The largest absolute Gasteiger partial charge is 0.467 e. The molecule has 1 fully saturated rings. The van der Waals surface area contributed by atoms with Crippen LogP contribution in [0.2, 0.25) is 0 Å². The van der Waals surface area contributed by atoms with E-state index in [2.05, 4.69) is 15.5 Å². The molecule has 0 aliphatic carbocycles. The van der Waals surface area contributed by atoms with Gasteiger partial charge in [0.05, 0.1) is 19.4 Å². The zero-order valence-electron chi connectivity index (χ0n) is 10.8. The van der Waals surface area contributed by atoms with Gasteiger partial charge in [-0.05, 0) is 38.6 Å². The molecule has 1 saturated heterocycles. The second kappa shape index (κ2) is 6.56. The fourth-order valence-corrected chi connectivity index (χ4v) is 2.22. The average Bonchev–Trinajstić information content (AvgIpc) is 2.90. The van der Waals surface area contributed by atoms with Crippen LogP contribution < -0.4 is 10.6 Å². The summed E-state index contributed by atoms with van der Waals surface area (Å²) in [7, 11) is 2.00. The van der Waals surface area contributed by atoms with E-state index in [4.69, 9.17) is 4.42 Å². The van der Waals surface area contributed by atoms with Crippen LogP contribution in [0.1, 0.15) is 18.6 Å². The van der Waals surface area contributed by atoms with Gasteiger partial charge in [-0.2, -0.15) is 0 Å². The van der Waals surface area contributed by atoms with E-state index < -0.39 is 0 Å². The summed E-state index contributed by atoms with van der Waals surface area (Å²) < 4.78 is 5.17. The summed E-state index contributed by atoms with van der Waals surface area (Å²) in [6.07, 6.45) is 3.96. The van der Waals surface area contributed by atoms with Crippen LogP contribution >= 0.6 is 0 Å². The molecule has 1 atom stereocenters. The summed E-state index contributed by atoms with van der Waals surface area (Å²) in [5, 5.41) is 6.22. The predicted molar refractivity (Wildman–Crippen MR) is 69.1 cm³/mol. The molecule has 0 aromatic carbocycles. The normalized spacial score (nSPS) is 20.0. The zero-order chi connectivity index (χ0) is 12.8. The first kappa shape index (κ1) is 13.1. The maximum atomic E-state index is 11.8. The lowest BCUT2D eigenvalue weighted by atomic mass is 10.1. The van der Waals surface area contributed by atoms with E-state index in [1.165, 1.54) is 6.42 Å². The van der Waals surface area contributed by atoms with E-state index in [9.17, 15) is 4.79 Å². The number of carbonyl (C=O) groups is 1. The van der Waals surface area contributed by atoms with Crippen LogP contribution in [0.4, 0.5) is 0 Å². The minimum Gasteiger partial charge on any atom is -0.467 e. The van der Waals surface area contributed by atoms with Gasteiger partial charge in [-0.15, -0.1) is 0 Å². The van der Waals surface area contributed by atoms with E-state index >= 15 is 0 Å². The Kier molecular flexibility index (Phi) is 4.78. The molecule has 1 amide bonds. The topological polar surface area (TPSA) is 57.5 Å². The maximum absolute atomic E-state index is 11.8. The lowest BCUT2D eigenvalue weighted by Crippen LogP contribution is -2.47. The van der Waals surface area contributed by atoms with Gasteiger partial charge in [0.2, 0.25) is 5.91 Å². The van der Waals surface area contributed by atoms with Gasteiger partial charge in [-0.25, -0.2) is 0 Å². The van der Waals surface area contributed by atoms with Crippen molar-refractivity contribution in [1.82, 2.24) is 15.5 Å². The third-order valence-electron chi connectivity index (χ3n) is 3.33. The van der Waals surface area contributed by atoms with Crippen LogP contribution in [0, 0.1) is 0 Å². The number of nitrogens with zero attached hydrogens (tertiary/aromatic N) is 1. The van der Waals surface area contributed by atoms with Gasteiger partial charge < -0.3 is 15.1 Å². The lowest BCUT2D eigenvalue weighted by Gasteiger charge is -2.31. The fraction of sp³-hybridized carbons (Fsp3) is 0.615. The number of carbonyl (C=O) groups excluding carboxylic acids is 1. The second-order valence-electron chi connectivity index (χ2n) is 4.77. The molecule has 2 heterocycles. The van der Waals surface area contributed by atoms with Gasteiger partial charge >= 0.3 is 0 Å². The number of hydrogen-bond acceptors (Lipinski definition) is 4. The molecule has 1 aliphatic heterocycles. The highest BCUT2D eigenvalue weighted by atomic mass is 16.3. The van der Waals surface area contributed by atoms with Crippen molar-refractivity contribution in [2.24, 2.45) is 0 Å². The monoisotopic (exact) mass is 251 g/mol. The van der Waals surface area contributed by atoms with Crippen molar-refractivity contribution < 1.29 is 9.21 Å². The number of nitrogens with one attached hydrogen (secondary N) is 2. The Morgan fingerprint density at radius 1 is 1.67 bits per heavy atom. The van der Waals surface area contributed by atoms with Crippen molar-refractivity contribution in [2.45, 2.75) is 25.4 Å². The summed E-state index contributed by atoms with van der Waals surface area (Å²) in [6.45, 7) is 2.96. The molecule has 5 nitrogen and oxygen atoms in total. The van der Waals surface area contributed by atoms with Gasteiger partial charge in [0.1, 0.15) is 5.76 Å². The number of likely N-dealkylation sites (N-methyl/N-ethyl adjacent to an activating group) is 1. The molecular weight excluding hydrogens is 230 g/mol. The summed E-state index contributed by atoms with van der Waals surface area (Å²) in [5.41, 5.74) is 0. The molecule has 0 spiro atoms. The molecule has 1 aromatic heterocycles. The molecule has 1 unspecified atom stereocenters. The second-order valence-corrected chi connectivity index (χ2v) is 4.77. The number of furan rings is 1. The summed E-state index contributed by atoms with van der Waals surface area (Å²) in [4.78, 5) is 13.9. The van der Waals surface area contributed by atoms with Crippen molar-refractivity contribution in [3.05, 3.63) is 24.2 Å². The van der Waals surface area contributed by atoms with Crippen molar-refractivity contribution in [3.8, 4) is 0 Å². The molecule has 0 radical (unpaired) electrons. The van der Waals surface area contributed by atoms with Crippen LogP contribution in [0.15, 0.2) is 22.8 Å². The van der Waals surface area contributed by atoms with Gasteiger partial charge in [-0.1, -0.05) is 0 Å². The van der Waals surface area contributed by atoms with Crippen LogP contribution in [0.25, 0.3) is 0 Å². The Hall–Kier alpha value is -1.33. The van der Waals surface area contributed by atoms with E-state index in [0.717, 1.165) is 25.3 Å². The molecule has 2 N–H and O–H groups in total. The van der Waals surface area contributed by atoms with Gasteiger partial charge in [0.15, 0.2) is 0 Å². The number of amides is 1. The minimum absolute atomic E-state index is 0.0412. The average molecular weight is 251 g/mol. The van der Waals surface area contributed by atoms with Crippen LogP contribution in [0.5, 0.6) is 0 Å². The molecule has 0 bridgehead atoms. The van der Waals surface area contributed by atoms with Gasteiger partial charge in [0.25, 0.3) is 0 Å². The number of hydrogen-bond donors (Lipinski definition) is 2. The Labute approximate surface area is 108 Å². The van der Waals surface area contributed by atoms with Gasteiger partial charge in [0, 0.05) is 12.6 Å². The third-order valence-corrected chi connectivity index (χ3v) is 3.33. The number of rotatable bonds is 5. The lowest BCUT2D eigenvalue weighted by molar-refractivity contribution is -0.122. The van der Waals surface area contributed by atoms with E-state index in [1.807, 2.05) is 19.2 Å².